The highest BCUT2D eigenvalue weighted by atomic mass is 16.5. The van der Waals surface area contributed by atoms with Gasteiger partial charge in [0.05, 0.1) is 18.7 Å². The maximum Gasteiger partial charge on any atom is 0.256 e. The van der Waals surface area contributed by atoms with E-state index in [-0.39, 0.29) is 11.9 Å². The van der Waals surface area contributed by atoms with E-state index in [9.17, 15) is 4.79 Å². The number of aryl methyl sites for hydroxylation is 1. The van der Waals surface area contributed by atoms with Crippen molar-refractivity contribution in [3.8, 4) is 5.75 Å². The minimum atomic E-state index is 0.117. The summed E-state index contributed by atoms with van der Waals surface area (Å²) in [6.07, 6.45) is 5.04. The number of aromatic nitrogens is 1. The number of aromatic amines is 1. The maximum atomic E-state index is 12.9. The standard InChI is InChI=1S/C18H22N2O2/c1-13-16(9-10-19-13)18(21)20-11-4-3-8-17(20)14-6-5-7-15(12-14)22-2/h5-7,9-10,12,17,19H,3-4,8,11H2,1-2H3/t17-/m0/s1. The van der Waals surface area contributed by atoms with Gasteiger partial charge in [-0.25, -0.2) is 0 Å². The van der Waals surface area contributed by atoms with Crippen molar-refractivity contribution < 1.29 is 9.53 Å². The zero-order valence-corrected chi connectivity index (χ0v) is 13.1. The van der Waals surface area contributed by atoms with E-state index >= 15 is 0 Å². The second-order valence-electron chi connectivity index (χ2n) is 5.80. The highest BCUT2D eigenvalue weighted by Crippen LogP contribution is 2.33. The molecule has 2 aromatic rings. The Morgan fingerprint density at radius 3 is 2.91 bits per heavy atom. The third kappa shape index (κ3) is 2.73. The normalized spacial score (nSPS) is 18.3. The average molecular weight is 298 g/mol. The van der Waals surface area contributed by atoms with Gasteiger partial charge in [-0.15, -0.1) is 0 Å². The Bertz CT molecular complexity index is 663. The van der Waals surface area contributed by atoms with E-state index in [1.54, 1.807) is 7.11 Å². The third-order valence-corrected chi connectivity index (χ3v) is 4.43. The summed E-state index contributed by atoms with van der Waals surface area (Å²) in [7, 11) is 1.67. The van der Waals surface area contributed by atoms with Gasteiger partial charge in [0.25, 0.3) is 5.91 Å². The number of methoxy groups -OCH3 is 1. The summed E-state index contributed by atoms with van der Waals surface area (Å²) < 4.78 is 5.32. The average Bonchev–Trinajstić information content (AvgIpc) is 3.00. The summed E-state index contributed by atoms with van der Waals surface area (Å²) in [5, 5.41) is 0. The van der Waals surface area contributed by atoms with Crippen molar-refractivity contribution in [3.63, 3.8) is 0 Å². The molecule has 0 unspecified atom stereocenters. The SMILES string of the molecule is COc1cccc([C@@H]2CCCCN2C(=O)c2cc[nH]c2C)c1. The van der Waals surface area contributed by atoms with Crippen LogP contribution in [0.15, 0.2) is 36.5 Å². The predicted molar refractivity (Wildman–Crippen MR) is 86.2 cm³/mol. The molecule has 1 N–H and O–H groups in total. The number of nitrogens with zero attached hydrogens (tertiary/aromatic N) is 1. The number of ether oxygens (including phenoxy) is 1. The Morgan fingerprint density at radius 1 is 1.32 bits per heavy atom. The summed E-state index contributed by atoms with van der Waals surface area (Å²) in [6, 6.07) is 10.1. The van der Waals surface area contributed by atoms with Crippen LogP contribution in [-0.4, -0.2) is 29.4 Å². The van der Waals surface area contributed by atoms with E-state index in [1.807, 2.05) is 42.3 Å². The molecule has 4 heteroatoms. The number of rotatable bonds is 3. The monoisotopic (exact) mass is 298 g/mol. The molecule has 1 atom stereocenters. The minimum Gasteiger partial charge on any atom is -0.497 e. The van der Waals surface area contributed by atoms with E-state index in [2.05, 4.69) is 11.1 Å². The van der Waals surface area contributed by atoms with Gasteiger partial charge in [0, 0.05) is 18.4 Å². The van der Waals surface area contributed by atoms with Crippen LogP contribution in [0.2, 0.25) is 0 Å². The van der Waals surface area contributed by atoms with E-state index < -0.39 is 0 Å². The van der Waals surface area contributed by atoms with E-state index in [0.717, 1.165) is 48.4 Å². The van der Waals surface area contributed by atoms with Crippen molar-refractivity contribution in [2.75, 3.05) is 13.7 Å². The number of amides is 1. The van der Waals surface area contributed by atoms with Crippen LogP contribution in [0.3, 0.4) is 0 Å². The van der Waals surface area contributed by atoms with Crippen LogP contribution >= 0.6 is 0 Å². The molecule has 3 rings (SSSR count). The molecule has 1 fully saturated rings. The Morgan fingerprint density at radius 2 is 2.18 bits per heavy atom. The second-order valence-corrected chi connectivity index (χ2v) is 5.80. The molecule has 0 saturated carbocycles. The lowest BCUT2D eigenvalue weighted by atomic mass is 9.94. The molecule has 0 aliphatic carbocycles. The second kappa shape index (κ2) is 6.26. The van der Waals surface area contributed by atoms with Crippen molar-refractivity contribution in [2.24, 2.45) is 0 Å². The molecule has 2 heterocycles. The third-order valence-electron chi connectivity index (χ3n) is 4.43. The summed E-state index contributed by atoms with van der Waals surface area (Å²) in [4.78, 5) is 18.0. The van der Waals surface area contributed by atoms with Crippen LogP contribution in [0.5, 0.6) is 5.75 Å². The van der Waals surface area contributed by atoms with Crippen molar-refractivity contribution in [3.05, 3.63) is 53.3 Å². The molecule has 1 aliphatic heterocycles. The summed E-state index contributed by atoms with van der Waals surface area (Å²) in [5.41, 5.74) is 2.86. The molecule has 22 heavy (non-hydrogen) atoms. The van der Waals surface area contributed by atoms with Crippen LogP contribution < -0.4 is 4.74 Å². The maximum absolute atomic E-state index is 12.9. The number of piperidine rings is 1. The van der Waals surface area contributed by atoms with Crippen molar-refractivity contribution in [2.45, 2.75) is 32.2 Å². The van der Waals surface area contributed by atoms with Gasteiger partial charge in [0.1, 0.15) is 5.75 Å². The lowest BCUT2D eigenvalue weighted by molar-refractivity contribution is 0.0610. The number of benzene rings is 1. The topological polar surface area (TPSA) is 45.3 Å². The van der Waals surface area contributed by atoms with Gasteiger partial charge in [-0.05, 0) is 49.9 Å². The molecular formula is C18H22N2O2. The zero-order valence-electron chi connectivity index (χ0n) is 13.1. The summed E-state index contributed by atoms with van der Waals surface area (Å²) >= 11 is 0. The number of hydrogen-bond donors (Lipinski definition) is 1. The van der Waals surface area contributed by atoms with Gasteiger partial charge in [-0.2, -0.15) is 0 Å². The van der Waals surface area contributed by atoms with Crippen LogP contribution in [0, 0.1) is 6.92 Å². The van der Waals surface area contributed by atoms with Gasteiger partial charge in [-0.3, -0.25) is 4.79 Å². The molecule has 1 aliphatic rings. The highest BCUT2D eigenvalue weighted by molar-refractivity contribution is 5.95. The highest BCUT2D eigenvalue weighted by Gasteiger charge is 2.29. The number of likely N-dealkylation sites (tertiary alicyclic amines) is 1. The first-order chi connectivity index (χ1) is 10.7. The fraction of sp³-hybridized carbons (Fsp3) is 0.389. The van der Waals surface area contributed by atoms with E-state index in [1.165, 1.54) is 0 Å². The predicted octanol–water partition coefficient (Wildman–Crippen LogP) is 3.70. The summed E-state index contributed by atoms with van der Waals surface area (Å²) in [5.74, 6) is 0.958. The quantitative estimate of drug-likeness (QED) is 0.939. The number of carbonyl (C=O) groups excluding carboxylic acids is 1. The number of H-pyrrole nitrogens is 1. The van der Waals surface area contributed by atoms with Gasteiger partial charge in [-0.1, -0.05) is 12.1 Å². The van der Waals surface area contributed by atoms with Gasteiger partial charge in [0.15, 0.2) is 0 Å². The minimum absolute atomic E-state index is 0.117. The van der Waals surface area contributed by atoms with E-state index in [0.29, 0.717) is 0 Å². The number of carbonyl (C=O) groups is 1. The first kappa shape index (κ1) is 14.7. The molecule has 1 aromatic heterocycles. The first-order valence-corrected chi connectivity index (χ1v) is 7.79. The molecule has 0 spiro atoms. The number of nitrogens with one attached hydrogen (secondary N) is 1. The molecule has 0 bridgehead atoms. The Kier molecular flexibility index (Phi) is 4.18. The molecule has 116 valence electrons. The van der Waals surface area contributed by atoms with Crippen LogP contribution in [0.4, 0.5) is 0 Å². The fourth-order valence-electron chi connectivity index (χ4n) is 3.21. The van der Waals surface area contributed by atoms with Gasteiger partial charge < -0.3 is 14.6 Å². The Hall–Kier alpha value is -2.23. The van der Waals surface area contributed by atoms with Crippen molar-refractivity contribution >= 4 is 5.91 Å². The zero-order chi connectivity index (χ0) is 15.5. The molecule has 1 amide bonds. The largest absolute Gasteiger partial charge is 0.497 e. The van der Waals surface area contributed by atoms with Gasteiger partial charge in [0.2, 0.25) is 0 Å². The van der Waals surface area contributed by atoms with E-state index in [4.69, 9.17) is 4.74 Å². The van der Waals surface area contributed by atoms with Crippen LogP contribution in [-0.2, 0) is 0 Å². The van der Waals surface area contributed by atoms with Gasteiger partial charge >= 0.3 is 0 Å². The van der Waals surface area contributed by atoms with Crippen LogP contribution in [0.1, 0.15) is 46.9 Å². The lowest BCUT2D eigenvalue weighted by Crippen LogP contribution is -2.38. The molecular weight excluding hydrogens is 276 g/mol. The lowest BCUT2D eigenvalue weighted by Gasteiger charge is -2.36. The first-order valence-electron chi connectivity index (χ1n) is 7.79. The fourth-order valence-corrected chi connectivity index (χ4v) is 3.21. The van der Waals surface area contributed by atoms with Crippen molar-refractivity contribution in [1.82, 2.24) is 9.88 Å². The molecule has 1 saturated heterocycles. The molecule has 1 aromatic carbocycles. The smallest absolute Gasteiger partial charge is 0.256 e. The summed E-state index contributed by atoms with van der Waals surface area (Å²) in [6.45, 7) is 2.75. The van der Waals surface area contributed by atoms with Crippen LogP contribution in [0.25, 0.3) is 0 Å². The molecule has 0 radical (unpaired) electrons. The Labute approximate surface area is 131 Å². The number of hydrogen-bond acceptors (Lipinski definition) is 2. The van der Waals surface area contributed by atoms with Crippen molar-refractivity contribution in [1.29, 1.82) is 0 Å². The Balaban J connectivity index is 1.91. The molecule has 4 nitrogen and oxygen atoms in total.